The van der Waals surface area contributed by atoms with Crippen LogP contribution in [0.5, 0.6) is 0 Å². The highest BCUT2D eigenvalue weighted by Crippen LogP contribution is 2.47. The van der Waals surface area contributed by atoms with E-state index in [0.29, 0.717) is 6.54 Å². The SMILES string of the molecule is NCc1ccnc(C2(C(N)=O)CC2)c1. The maximum Gasteiger partial charge on any atom is 0.229 e. The van der Waals surface area contributed by atoms with E-state index in [2.05, 4.69) is 4.98 Å². The first-order chi connectivity index (χ1) is 6.69. The van der Waals surface area contributed by atoms with Crippen LogP contribution >= 0.6 is 0 Å². The van der Waals surface area contributed by atoms with Crippen molar-refractivity contribution in [1.29, 1.82) is 0 Å². The normalized spacial score (nSPS) is 17.8. The molecule has 0 unspecified atom stereocenters. The van der Waals surface area contributed by atoms with Crippen molar-refractivity contribution in [2.24, 2.45) is 11.5 Å². The second-order valence-electron chi connectivity index (χ2n) is 3.70. The summed E-state index contributed by atoms with van der Waals surface area (Å²) in [5.74, 6) is -0.279. The molecule has 0 bridgehead atoms. The van der Waals surface area contributed by atoms with Crippen molar-refractivity contribution in [3.63, 3.8) is 0 Å². The lowest BCUT2D eigenvalue weighted by molar-refractivity contribution is -0.120. The molecule has 1 aliphatic carbocycles. The number of rotatable bonds is 3. The average molecular weight is 191 g/mol. The minimum Gasteiger partial charge on any atom is -0.369 e. The second-order valence-corrected chi connectivity index (χ2v) is 3.70. The summed E-state index contributed by atoms with van der Waals surface area (Å²) < 4.78 is 0. The van der Waals surface area contributed by atoms with Crippen molar-refractivity contribution in [2.75, 3.05) is 0 Å². The van der Waals surface area contributed by atoms with Crippen LogP contribution in [0.1, 0.15) is 24.1 Å². The Morgan fingerprint density at radius 2 is 2.29 bits per heavy atom. The molecule has 0 radical (unpaired) electrons. The number of nitrogens with zero attached hydrogens (tertiary/aromatic N) is 1. The fourth-order valence-corrected chi connectivity index (χ4v) is 1.62. The maximum absolute atomic E-state index is 11.2. The molecule has 4 nitrogen and oxygen atoms in total. The fraction of sp³-hybridized carbons (Fsp3) is 0.400. The molecule has 2 rings (SSSR count). The molecular formula is C10H13N3O. The quantitative estimate of drug-likeness (QED) is 0.708. The molecule has 0 spiro atoms. The van der Waals surface area contributed by atoms with E-state index in [1.54, 1.807) is 6.20 Å². The summed E-state index contributed by atoms with van der Waals surface area (Å²) in [4.78, 5) is 15.4. The predicted octanol–water partition coefficient (Wildman–Crippen LogP) is 0.0572. The zero-order chi connectivity index (χ0) is 10.2. The van der Waals surface area contributed by atoms with Gasteiger partial charge in [-0.2, -0.15) is 0 Å². The van der Waals surface area contributed by atoms with Crippen LogP contribution in [0.2, 0.25) is 0 Å². The molecule has 1 aromatic rings. The van der Waals surface area contributed by atoms with Gasteiger partial charge in [0.1, 0.15) is 0 Å². The van der Waals surface area contributed by atoms with Gasteiger partial charge in [0.05, 0.1) is 11.1 Å². The van der Waals surface area contributed by atoms with E-state index in [4.69, 9.17) is 11.5 Å². The van der Waals surface area contributed by atoms with Gasteiger partial charge in [-0.15, -0.1) is 0 Å². The van der Waals surface area contributed by atoms with Crippen molar-refractivity contribution in [2.45, 2.75) is 24.8 Å². The monoisotopic (exact) mass is 191 g/mol. The summed E-state index contributed by atoms with van der Waals surface area (Å²) in [6, 6.07) is 3.72. The van der Waals surface area contributed by atoms with E-state index < -0.39 is 5.41 Å². The van der Waals surface area contributed by atoms with Crippen molar-refractivity contribution >= 4 is 5.91 Å². The molecule has 0 aromatic carbocycles. The van der Waals surface area contributed by atoms with Crippen LogP contribution in [0.3, 0.4) is 0 Å². The van der Waals surface area contributed by atoms with E-state index in [0.717, 1.165) is 24.1 Å². The minimum atomic E-state index is -0.495. The second kappa shape index (κ2) is 3.06. The summed E-state index contributed by atoms with van der Waals surface area (Å²) in [5, 5.41) is 0. The lowest BCUT2D eigenvalue weighted by Crippen LogP contribution is -2.29. The number of primary amides is 1. The molecular weight excluding hydrogens is 178 g/mol. The summed E-state index contributed by atoms with van der Waals surface area (Å²) in [5.41, 5.74) is 12.1. The van der Waals surface area contributed by atoms with Crippen LogP contribution in [0, 0.1) is 0 Å². The number of aromatic nitrogens is 1. The molecule has 0 saturated heterocycles. The highest BCUT2D eigenvalue weighted by atomic mass is 16.1. The van der Waals surface area contributed by atoms with Crippen LogP contribution in [-0.4, -0.2) is 10.9 Å². The average Bonchev–Trinajstić information content (AvgIpc) is 2.98. The topological polar surface area (TPSA) is 82.0 Å². The first-order valence-corrected chi connectivity index (χ1v) is 4.64. The molecule has 1 saturated carbocycles. The smallest absolute Gasteiger partial charge is 0.229 e. The van der Waals surface area contributed by atoms with Gasteiger partial charge in [0.15, 0.2) is 0 Å². The number of nitrogens with two attached hydrogens (primary N) is 2. The van der Waals surface area contributed by atoms with Crippen molar-refractivity contribution in [1.82, 2.24) is 4.98 Å². The molecule has 74 valence electrons. The highest BCUT2D eigenvalue weighted by molar-refractivity contribution is 5.89. The number of pyridine rings is 1. The molecule has 14 heavy (non-hydrogen) atoms. The van der Waals surface area contributed by atoms with Crippen molar-refractivity contribution in [3.05, 3.63) is 29.6 Å². The first-order valence-electron chi connectivity index (χ1n) is 4.64. The summed E-state index contributed by atoms with van der Waals surface area (Å²) >= 11 is 0. The Hall–Kier alpha value is -1.42. The maximum atomic E-state index is 11.2. The van der Waals surface area contributed by atoms with Gasteiger partial charge in [-0.3, -0.25) is 9.78 Å². The third-order valence-corrected chi connectivity index (χ3v) is 2.77. The van der Waals surface area contributed by atoms with E-state index >= 15 is 0 Å². The van der Waals surface area contributed by atoms with E-state index in [9.17, 15) is 4.79 Å². The Labute approximate surface area is 82.3 Å². The zero-order valence-corrected chi connectivity index (χ0v) is 7.86. The van der Waals surface area contributed by atoms with Crippen molar-refractivity contribution < 1.29 is 4.79 Å². The molecule has 1 aromatic heterocycles. The van der Waals surface area contributed by atoms with Crippen LogP contribution < -0.4 is 11.5 Å². The lowest BCUT2D eigenvalue weighted by atomic mass is 10.00. The van der Waals surface area contributed by atoms with Crippen LogP contribution in [0.15, 0.2) is 18.3 Å². The Bertz CT molecular complexity index is 371. The van der Waals surface area contributed by atoms with Gasteiger partial charge < -0.3 is 11.5 Å². The van der Waals surface area contributed by atoms with E-state index in [-0.39, 0.29) is 5.91 Å². The summed E-state index contributed by atoms with van der Waals surface area (Å²) in [6.07, 6.45) is 3.30. The molecule has 1 aliphatic rings. The third kappa shape index (κ3) is 1.28. The standard InChI is InChI=1S/C10H13N3O/c11-6-7-1-4-13-8(5-7)10(2-3-10)9(12)14/h1,4-5H,2-3,6,11H2,(H2,12,14). The predicted molar refractivity (Wildman–Crippen MR) is 52.2 cm³/mol. The minimum absolute atomic E-state index is 0.279. The van der Waals surface area contributed by atoms with Gasteiger partial charge in [0.2, 0.25) is 5.91 Å². The number of hydrogen-bond acceptors (Lipinski definition) is 3. The Morgan fingerprint density at radius 1 is 1.57 bits per heavy atom. The molecule has 4 N–H and O–H groups in total. The lowest BCUT2D eigenvalue weighted by Gasteiger charge is -2.10. The number of hydrogen-bond donors (Lipinski definition) is 2. The van der Waals surface area contributed by atoms with Crippen LogP contribution in [0.25, 0.3) is 0 Å². The number of amides is 1. The molecule has 1 heterocycles. The van der Waals surface area contributed by atoms with E-state index in [1.165, 1.54) is 0 Å². The molecule has 1 amide bonds. The fourth-order valence-electron chi connectivity index (χ4n) is 1.62. The number of carbonyl (C=O) groups is 1. The molecule has 1 fully saturated rings. The van der Waals surface area contributed by atoms with Crippen LogP contribution in [0.4, 0.5) is 0 Å². The van der Waals surface area contributed by atoms with Gasteiger partial charge in [0, 0.05) is 12.7 Å². The van der Waals surface area contributed by atoms with Gasteiger partial charge >= 0.3 is 0 Å². The van der Waals surface area contributed by atoms with Gasteiger partial charge in [-0.05, 0) is 30.5 Å². The third-order valence-electron chi connectivity index (χ3n) is 2.77. The Balaban J connectivity index is 2.37. The summed E-state index contributed by atoms with van der Waals surface area (Å²) in [6.45, 7) is 0.463. The van der Waals surface area contributed by atoms with Crippen molar-refractivity contribution in [3.8, 4) is 0 Å². The first kappa shape index (κ1) is 9.15. The van der Waals surface area contributed by atoms with E-state index in [1.807, 2.05) is 12.1 Å². The van der Waals surface area contributed by atoms with Crippen LogP contribution in [-0.2, 0) is 16.8 Å². The Kier molecular flexibility index (Phi) is 2.00. The Morgan fingerprint density at radius 3 is 2.79 bits per heavy atom. The highest BCUT2D eigenvalue weighted by Gasteiger charge is 2.51. The summed E-state index contributed by atoms with van der Waals surface area (Å²) in [7, 11) is 0. The van der Waals surface area contributed by atoms with Gasteiger partial charge in [-0.25, -0.2) is 0 Å². The molecule has 4 heteroatoms. The molecule has 0 atom stereocenters. The zero-order valence-electron chi connectivity index (χ0n) is 7.86. The van der Waals surface area contributed by atoms with Gasteiger partial charge in [0.25, 0.3) is 0 Å². The largest absolute Gasteiger partial charge is 0.369 e. The molecule has 0 aliphatic heterocycles. The number of carbonyl (C=O) groups excluding carboxylic acids is 1. The van der Waals surface area contributed by atoms with Gasteiger partial charge in [-0.1, -0.05) is 0 Å².